The van der Waals surface area contributed by atoms with E-state index in [-0.39, 0.29) is 0 Å². The van der Waals surface area contributed by atoms with E-state index >= 15 is 0 Å². The fourth-order valence-corrected chi connectivity index (χ4v) is 2.38. The Morgan fingerprint density at radius 1 is 1.33 bits per heavy atom. The Balaban J connectivity index is 1.61. The number of thiocarbonyl (C=S) groups is 1. The lowest BCUT2D eigenvalue weighted by Gasteiger charge is -2.08. The quantitative estimate of drug-likeness (QED) is 0.378. The van der Waals surface area contributed by atoms with Gasteiger partial charge < -0.3 is 10.1 Å². The second-order valence-electron chi connectivity index (χ2n) is 4.97. The largest absolute Gasteiger partial charge is 0.493 e. The first kappa shape index (κ1) is 15.9. The Morgan fingerprint density at radius 3 is 3.08 bits per heavy atom. The number of para-hydroxylation sites is 1. The summed E-state index contributed by atoms with van der Waals surface area (Å²) in [6.07, 6.45) is 3.45. The van der Waals surface area contributed by atoms with Crippen molar-refractivity contribution in [2.75, 3.05) is 11.9 Å². The first-order valence-electron chi connectivity index (χ1n) is 7.51. The fraction of sp³-hybridized carbons (Fsp3) is 0.118. The molecule has 0 fully saturated rings. The van der Waals surface area contributed by atoms with Crippen LogP contribution < -0.4 is 15.5 Å². The van der Waals surface area contributed by atoms with Gasteiger partial charge in [-0.3, -0.25) is 10.5 Å². The molecule has 3 rings (SSSR count). The number of ether oxygens (including phenoxy) is 1. The third-order valence-electron chi connectivity index (χ3n) is 3.29. The summed E-state index contributed by atoms with van der Waals surface area (Å²) in [6, 6.07) is 13.5. The predicted molar refractivity (Wildman–Crippen MR) is 101 cm³/mol. The topological polar surface area (TPSA) is 74.3 Å². The third-order valence-corrected chi connectivity index (χ3v) is 3.48. The van der Waals surface area contributed by atoms with Crippen molar-refractivity contribution in [1.29, 1.82) is 0 Å². The Labute approximate surface area is 144 Å². The molecule has 0 saturated carbocycles. The molecule has 3 N–H and O–H groups in total. The Bertz CT molecular complexity index is 874. The molecule has 122 valence electrons. The molecular weight excluding hydrogens is 322 g/mol. The number of nitrogens with one attached hydrogen (secondary N) is 3. The SMILES string of the molecule is CCOc1ccccc1/C=N\NC(=S)Nc1ccc2cn[nH]c2c1. The van der Waals surface area contributed by atoms with Gasteiger partial charge in [0.15, 0.2) is 5.11 Å². The van der Waals surface area contributed by atoms with E-state index in [1.165, 1.54) is 0 Å². The number of fused-ring (bicyclic) bond motifs is 1. The highest BCUT2D eigenvalue weighted by atomic mass is 32.1. The molecule has 0 saturated heterocycles. The second kappa shape index (κ2) is 7.56. The van der Waals surface area contributed by atoms with Gasteiger partial charge in [-0.2, -0.15) is 10.2 Å². The standard InChI is InChI=1S/C17H17N5OS/c1-2-23-16-6-4-3-5-13(16)11-19-22-17(24)20-14-8-7-12-10-18-21-15(12)9-14/h3-11H,2H2,1H3,(H,18,21)(H2,20,22,24)/b19-11-. The van der Waals surface area contributed by atoms with Crippen LogP contribution in [0.2, 0.25) is 0 Å². The average Bonchev–Trinajstić information content (AvgIpc) is 3.04. The first-order chi connectivity index (χ1) is 11.8. The summed E-state index contributed by atoms with van der Waals surface area (Å²) < 4.78 is 5.55. The summed E-state index contributed by atoms with van der Waals surface area (Å²) in [6.45, 7) is 2.55. The molecular formula is C17H17N5OS. The van der Waals surface area contributed by atoms with Crippen molar-refractivity contribution in [3.63, 3.8) is 0 Å². The van der Waals surface area contributed by atoms with Crippen LogP contribution in [0.5, 0.6) is 5.75 Å². The van der Waals surface area contributed by atoms with E-state index in [9.17, 15) is 0 Å². The number of aromatic amines is 1. The van der Waals surface area contributed by atoms with Crippen LogP contribution in [0.25, 0.3) is 10.9 Å². The van der Waals surface area contributed by atoms with E-state index in [0.29, 0.717) is 11.7 Å². The maximum atomic E-state index is 5.55. The van der Waals surface area contributed by atoms with Crippen molar-refractivity contribution in [3.05, 3.63) is 54.2 Å². The minimum atomic E-state index is 0.402. The van der Waals surface area contributed by atoms with Gasteiger partial charge in [-0.1, -0.05) is 12.1 Å². The zero-order chi connectivity index (χ0) is 16.8. The van der Waals surface area contributed by atoms with Gasteiger partial charge >= 0.3 is 0 Å². The number of anilines is 1. The number of hydrogen-bond acceptors (Lipinski definition) is 4. The van der Waals surface area contributed by atoms with E-state index in [1.54, 1.807) is 12.4 Å². The van der Waals surface area contributed by atoms with Crippen LogP contribution in [-0.2, 0) is 0 Å². The van der Waals surface area contributed by atoms with Gasteiger partial charge in [0.2, 0.25) is 0 Å². The van der Waals surface area contributed by atoms with E-state index < -0.39 is 0 Å². The van der Waals surface area contributed by atoms with Crippen molar-refractivity contribution < 1.29 is 4.74 Å². The smallest absolute Gasteiger partial charge is 0.191 e. The van der Waals surface area contributed by atoms with E-state index in [0.717, 1.165) is 27.9 Å². The molecule has 7 heteroatoms. The van der Waals surface area contributed by atoms with Gasteiger partial charge in [0.05, 0.1) is 24.5 Å². The normalized spacial score (nSPS) is 10.9. The predicted octanol–water partition coefficient (Wildman–Crippen LogP) is 3.28. The van der Waals surface area contributed by atoms with Crippen molar-refractivity contribution >= 4 is 40.1 Å². The molecule has 0 aliphatic carbocycles. The van der Waals surface area contributed by atoms with Crippen molar-refractivity contribution in [1.82, 2.24) is 15.6 Å². The van der Waals surface area contributed by atoms with E-state index in [4.69, 9.17) is 17.0 Å². The number of hydrogen-bond donors (Lipinski definition) is 3. The lowest BCUT2D eigenvalue weighted by Crippen LogP contribution is -2.23. The number of H-pyrrole nitrogens is 1. The lowest BCUT2D eigenvalue weighted by molar-refractivity contribution is 0.340. The number of hydrazone groups is 1. The summed E-state index contributed by atoms with van der Waals surface area (Å²) in [5, 5.41) is 15.6. The van der Waals surface area contributed by atoms with Gasteiger partial charge in [0.1, 0.15) is 5.75 Å². The van der Waals surface area contributed by atoms with Gasteiger partial charge in [-0.05, 0) is 49.5 Å². The first-order valence-corrected chi connectivity index (χ1v) is 7.92. The highest BCUT2D eigenvalue weighted by Crippen LogP contribution is 2.17. The Morgan fingerprint density at radius 2 is 2.21 bits per heavy atom. The summed E-state index contributed by atoms with van der Waals surface area (Å²) in [5.41, 5.74) is 5.48. The Hall–Kier alpha value is -2.93. The number of rotatable bonds is 5. The van der Waals surface area contributed by atoms with Crippen molar-refractivity contribution in [3.8, 4) is 5.75 Å². The molecule has 3 aromatic rings. The van der Waals surface area contributed by atoms with Crippen LogP contribution in [0.1, 0.15) is 12.5 Å². The number of nitrogens with zero attached hydrogens (tertiary/aromatic N) is 2. The van der Waals surface area contributed by atoms with Crippen LogP contribution >= 0.6 is 12.2 Å². The molecule has 1 heterocycles. The molecule has 0 aliphatic rings. The lowest BCUT2D eigenvalue weighted by atomic mass is 10.2. The number of benzene rings is 2. The van der Waals surface area contributed by atoms with E-state index in [2.05, 4.69) is 26.0 Å². The van der Waals surface area contributed by atoms with Crippen molar-refractivity contribution in [2.24, 2.45) is 5.10 Å². The van der Waals surface area contributed by atoms with Gasteiger partial charge in [-0.15, -0.1) is 0 Å². The molecule has 0 radical (unpaired) electrons. The molecule has 0 amide bonds. The highest BCUT2D eigenvalue weighted by molar-refractivity contribution is 7.80. The summed E-state index contributed by atoms with van der Waals surface area (Å²) in [4.78, 5) is 0. The van der Waals surface area contributed by atoms with Gasteiger partial charge in [0, 0.05) is 16.6 Å². The zero-order valence-corrected chi connectivity index (χ0v) is 13.9. The molecule has 0 unspecified atom stereocenters. The van der Waals surface area contributed by atoms with Crippen LogP contribution in [0.3, 0.4) is 0 Å². The minimum Gasteiger partial charge on any atom is -0.493 e. The van der Waals surface area contributed by atoms with Gasteiger partial charge in [0.25, 0.3) is 0 Å². The summed E-state index contributed by atoms with van der Waals surface area (Å²) in [5.74, 6) is 0.786. The highest BCUT2D eigenvalue weighted by Gasteiger charge is 2.01. The molecule has 0 spiro atoms. The third kappa shape index (κ3) is 3.88. The average molecular weight is 339 g/mol. The minimum absolute atomic E-state index is 0.402. The second-order valence-corrected chi connectivity index (χ2v) is 5.38. The molecule has 0 atom stereocenters. The van der Waals surface area contributed by atoms with Gasteiger partial charge in [-0.25, -0.2) is 0 Å². The maximum absolute atomic E-state index is 5.55. The molecule has 1 aromatic heterocycles. The molecule has 2 aromatic carbocycles. The molecule has 0 aliphatic heterocycles. The molecule has 0 bridgehead atoms. The zero-order valence-electron chi connectivity index (χ0n) is 13.1. The Kier molecular flexibility index (Phi) is 5.02. The summed E-state index contributed by atoms with van der Waals surface area (Å²) >= 11 is 5.24. The van der Waals surface area contributed by atoms with E-state index in [1.807, 2.05) is 49.4 Å². The van der Waals surface area contributed by atoms with Crippen LogP contribution in [0, 0.1) is 0 Å². The number of aromatic nitrogens is 2. The van der Waals surface area contributed by atoms with Crippen LogP contribution in [0.4, 0.5) is 5.69 Å². The fourth-order valence-electron chi connectivity index (χ4n) is 2.21. The maximum Gasteiger partial charge on any atom is 0.191 e. The monoisotopic (exact) mass is 339 g/mol. The molecule has 6 nitrogen and oxygen atoms in total. The summed E-state index contributed by atoms with van der Waals surface area (Å²) in [7, 11) is 0. The van der Waals surface area contributed by atoms with Crippen molar-refractivity contribution in [2.45, 2.75) is 6.92 Å². The van der Waals surface area contributed by atoms with Crippen LogP contribution in [-0.4, -0.2) is 28.1 Å². The molecule has 24 heavy (non-hydrogen) atoms. The van der Waals surface area contributed by atoms with Crippen LogP contribution in [0.15, 0.2) is 53.8 Å².